The van der Waals surface area contributed by atoms with Gasteiger partial charge in [0.1, 0.15) is 30.5 Å². The second-order valence-corrected chi connectivity index (χ2v) is 3.39. The molecule has 0 amide bonds. The SMILES string of the molecule is OCc1ccc(COc2ccc(F)c(F)c2)o1. The molecule has 1 heterocycles. The first-order chi connectivity index (χ1) is 8.19. The monoisotopic (exact) mass is 240 g/mol. The van der Waals surface area contributed by atoms with Crippen LogP contribution >= 0.6 is 0 Å². The van der Waals surface area contributed by atoms with Crippen molar-refractivity contribution < 1.29 is 23.0 Å². The maximum Gasteiger partial charge on any atom is 0.162 e. The number of benzene rings is 1. The number of aliphatic hydroxyl groups is 1. The van der Waals surface area contributed by atoms with E-state index in [1.807, 2.05) is 0 Å². The lowest BCUT2D eigenvalue weighted by Crippen LogP contribution is -1.95. The highest BCUT2D eigenvalue weighted by Gasteiger charge is 2.05. The number of halogens is 2. The van der Waals surface area contributed by atoms with Gasteiger partial charge in [-0.2, -0.15) is 0 Å². The first kappa shape index (κ1) is 11.6. The molecule has 17 heavy (non-hydrogen) atoms. The van der Waals surface area contributed by atoms with Gasteiger partial charge >= 0.3 is 0 Å². The van der Waals surface area contributed by atoms with Crippen LogP contribution in [0, 0.1) is 11.6 Å². The van der Waals surface area contributed by atoms with Crippen molar-refractivity contribution in [3.8, 4) is 5.75 Å². The quantitative estimate of drug-likeness (QED) is 0.893. The van der Waals surface area contributed by atoms with Crippen LogP contribution in [0.25, 0.3) is 0 Å². The standard InChI is InChI=1S/C12H10F2O3/c13-11-4-3-8(5-12(11)14)16-7-10-2-1-9(6-15)17-10/h1-5,15H,6-7H2. The van der Waals surface area contributed by atoms with Crippen molar-refractivity contribution in [3.63, 3.8) is 0 Å². The van der Waals surface area contributed by atoms with Gasteiger partial charge in [0, 0.05) is 6.07 Å². The summed E-state index contributed by atoms with van der Waals surface area (Å²) in [5, 5.41) is 8.78. The average molecular weight is 240 g/mol. The third kappa shape index (κ3) is 2.82. The molecule has 0 bridgehead atoms. The van der Waals surface area contributed by atoms with Gasteiger partial charge in [-0.15, -0.1) is 0 Å². The van der Waals surface area contributed by atoms with Gasteiger partial charge in [-0.3, -0.25) is 0 Å². The molecule has 90 valence electrons. The summed E-state index contributed by atoms with van der Waals surface area (Å²) < 4.78 is 35.9. The van der Waals surface area contributed by atoms with E-state index in [2.05, 4.69) is 0 Å². The number of hydrogen-bond donors (Lipinski definition) is 1. The van der Waals surface area contributed by atoms with Crippen LogP contribution in [-0.2, 0) is 13.2 Å². The summed E-state index contributed by atoms with van der Waals surface area (Å²) in [6, 6.07) is 6.54. The minimum Gasteiger partial charge on any atom is -0.486 e. The fourth-order valence-electron chi connectivity index (χ4n) is 1.31. The zero-order valence-corrected chi connectivity index (χ0v) is 8.82. The summed E-state index contributed by atoms with van der Waals surface area (Å²) in [5.41, 5.74) is 0. The molecule has 1 aromatic carbocycles. The molecule has 0 saturated carbocycles. The Morgan fingerprint density at radius 1 is 1.06 bits per heavy atom. The van der Waals surface area contributed by atoms with Crippen molar-refractivity contribution in [1.29, 1.82) is 0 Å². The molecule has 0 fully saturated rings. The van der Waals surface area contributed by atoms with Crippen LogP contribution in [-0.4, -0.2) is 5.11 Å². The molecule has 3 nitrogen and oxygen atoms in total. The Morgan fingerprint density at radius 3 is 2.47 bits per heavy atom. The van der Waals surface area contributed by atoms with Crippen molar-refractivity contribution in [3.05, 3.63) is 53.5 Å². The van der Waals surface area contributed by atoms with Crippen molar-refractivity contribution in [1.82, 2.24) is 0 Å². The zero-order chi connectivity index (χ0) is 12.3. The van der Waals surface area contributed by atoms with Crippen molar-refractivity contribution in [2.24, 2.45) is 0 Å². The fraction of sp³-hybridized carbons (Fsp3) is 0.167. The largest absolute Gasteiger partial charge is 0.486 e. The minimum atomic E-state index is -0.960. The lowest BCUT2D eigenvalue weighted by atomic mass is 10.3. The molecule has 5 heteroatoms. The number of hydrogen-bond acceptors (Lipinski definition) is 3. The Balaban J connectivity index is 1.99. The molecule has 0 spiro atoms. The van der Waals surface area contributed by atoms with E-state index in [0.717, 1.165) is 12.1 Å². The number of furan rings is 1. The van der Waals surface area contributed by atoms with E-state index in [0.29, 0.717) is 11.5 Å². The first-order valence-corrected chi connectivity index (χ1v) is 4.95. The molecule has 0 saturated heterocycles. The van der Waals surface area contributed by atoms with E-state index in [4.69, 9.17) is 14.3 Å². The molecule has 1 aromatic heterocycles. The summed E-state index contributed by atoms with van der Waals surface area (Å²) in [4.78, 5) is 0. The van der Waals surface area contributed by atoms with Gasteiger partial charge in [-0.25, -0.2) is 8.78 Å². The van der Waals surface area contributed by atoms with E-state index in [1.54, 1.807) is 12.1 Å². The molecule has 0 aliphatic heterocycles. The van der Waals surface area contributed by atoms with Gasteiger partial charge in [-0.05, 0) is 24.3 Å². The van der Waals surface area contributed by atoms with Crippen LogP contribution in [0.5, 0.6) is 5.75 Å². The minimum absolute atomic E-state index is 0.0884. The molecule has 0 unspecified atom stereocenters. The predicted octanol–water partition coefficient (Wildman–Crippen LogP) is 2.63. The van der Waals surface area contributed by atoms with E-state index in [1.165, 1.54) is 6.07 Å². The first-order valence-electron chi connectivity index (χ1n) is 4.95. The van der Waals surface area contributed by atoms with Gasteiger partial charge < -0.3 is 14.3 Å². The van der Waals surface area contributed by atoms with Gasteiger partial charge in [0.2, 0.25) is 0 Å². The molecular formula is C12H10F2O3. The number of aliphatic hydroxyl groups excluding tert-OH is 1. The van der Waals surface area contributed by atoms with Gasteiger partial charge in [-0.1, -0.05) is 0 Å². The maximum absolute atomic E-state index is 12.9. The molecule has 0 atom stereocenters. The van der Waals surface area contributed by atoms with Gasteiger partial charge in [0.15, 0.2) is 11.6 Å². The predicted molar refractivity (Wildman–Crippen MR) is 55.3 cm³/mol. The topological polar surface area (TPSA) is 42.6 Å². The molecule has 2 rings (SSSR count). The molecule has 1 N–H and O–H groups in total. The van der Waals surface area contributed by atoms with Crippen LogP contribution in [0.3, 0.4) is 0 Å². The van der Waals surface area contributed by atoms with Gasteiger partial charge in [0.05, 0.1) is 0 Å². The normalized spacial score (nSPS) is 10.5. The Labute approximate surface area is 96.3 Å². The third-order valence-corrected chi connectivity index (χ3v) is 2.15. The second kappa shape index (κ2) is 4.97. The lowest BCUT2D eigenvalue weighted by molar-refractivity contribution is 0.224. The lowest BCUT2D eigenvalue weighted by Gasteiger charge is -2.04. The van der Waals surface area contributed by atoms with Crippen molar-refractivity contribution in [2.45, 2.75) is 13.2 Å². The summed E-state index contributed by atoms with van der Waals surface area (Å²) >= 11 is 0. The smallest absolute Gasteiger partial charge is 0.162 e. The summed E-state index contributed by atoms with van der Waals surface area (Å²) in [5.74, 6) is -0.741. The molecule has 0 aliphatic rings. The molecule has 0 aliphatic carbocycles. The zero-order valence-electron chi connectivity index (χ0n) is 8.82. The Bertz CT molecular complexity index is 508. The van der Waals surface area contributed by atoms with E-state index >= 15 is 0 Å². The van der Waals surface area contributed by atoms with Crippen LogP contribution in [0.15, 0.2) is 34.7 Å². The summed E-state index contributed by atoms with van der Waals surface area (Å²) in [6.45, 7) is -0.101. The Hall–Kier alpha value is -1.88. The molecule has 0 radical (unpaired) electrons. The van der Waals surface area contributed by atoms with E-state index in [-0.39, 0.29) is 19.0 Å². The highest BCUT2D eigenvalue weighted by atomic mass is 19.2. The Morgan fingerprint density at radius 2 is 1.82 bits per heavy atom. The highest BCUT2D eigenvalue weighted by Crippen LogP contribution is 2.17. The van der Waals surface area contributed by atoms with Crippen molar-refractivity contribution in [2.75, 3.05) is 0 Å². The second-order valence-electron chi connectivity index (χ2n) is 3.39. The Kier molecular flexibility index (Phi) is 3.39. The third-order valence-electron chi connectivity index (χ3n) is 2.15. The fourth-order valence-corrected chi connectivity index (χ4v) is 1.31. The highest BCUT2D eigenvalue weighted by molar-refractivity contribution is 5.23. The summed E-state index contributed by atoms with van der Waals surface area (Å²) in [7, 11) is 0. The number of ether oxygens (including phenoxy) is 1. The molecule has 2 aromatic rings. The van der Waals surface area contributed by atoms with Crippen LogP contribution in [0.4, 0.5) is 8.78 Å². The molecular weight excluding hydrogens is 230 g/mol. The number of rotatable bonds is 4. The van der Waals surface area contributed by atoms with E-state index < -0.39 is 11.6 Å². The summed E-state index contributed by atoms with van der Waals surface area (Å²) in [6.07, 6.45) is 0. The average Bonchev–Trinajstić information content (AvgIpc) is 2.79. The van der Waals surface area contributed by atoms with Crippen LogP contribution in [0.2, 0.25) is 0 Å². The van der Waals surface area contributed by atoms with E-state index in [9.17, 15) is 8.78 Å². The van der Waals surface area contributed by atoms with Crippen LogP contribution < -0.4 is 4.74 Å². The van der Waals surface area contributed by atoms with Gasteiger partial charge in [0.25, 0.3) is 0 Å². The van der Waals surface area contributed by atoms with Crippen LogP contribution in [0.1, 0.15) is 11.5 Å². The maximum atomic E-state index is 12.9. The van der Waals surface area contributed by atoms with Crippen molar-refractivity contribution >= 4 is 0 Å².